The van der Waals surface area contributed by atoms with Crippen LogP contribution in [0.1, 0.15) is 39.7 Å². The number of nitrogens with zero attached hydrogens (tertiary/aromatic N) is 2. The summed E-state index contributed by atoms with van der Waals surface area (Å²) >= 11 is 0. The van der Waals surface area contributed by atoms with Gasteiger partial charge in [0.05, 0.1) is 24.9 Å². The third kappa shape index (κ3) is 5.84. The molecule has 1 rings (SSSR count). The van der Waals surface area contributed by atoms with Crippen LogP contribution >= 0.6 is 0 Å². The van der Waals surface area contributed by atoms with Crippen LogP contribution in [-0.2, 0) is 17.7 Å². The lowest BCUT2D eigenvalue weighted by atomic mass is 10.1. The Morgan fingerprint density at radius 2 is 2.18 bits per heavy atom. The van der Waals surface area contributed by atoms with Gasteiger partial charge < -0.3 is 10.5 Å². The molecule has 4 nitrogen and oxygen atoms in total. The summed E-state index contributed by atoms with van der Waals surface area (Å²) in [5.41, 5.74) is 7.03. The molecule has 0 amide bonds. The lowest BCUT2D eigenvalue weighted by Crippen LogP contribution is -2.22. The minimum atomic E-state index is -0.0828. The Morgan fingerprint density at radius 3 is 2.76 bits per heavy atom. The van der Waals surface area contributed by atoms with E-state index in [4.69, 9.17) is 10.5 Å². The fourth-order valence-corrected chi connectivity index (χ4v) is 1.53. The number of aromatic nitrogens is 2. The maximum Gasteiger partial charge on any atom is 0.0669 e. The molecule has 1 atom stereocenters. The van der Waals surface area contributed by atoms with Gasteiger partial charge in [-0.05, 0) is 39.2 Å². The molecule has 1 aromatic heterocycles. The van der Waals surface area contributed by atoms with Crippen LogP contribution in [0.5, 0.6) is 0 Å². The van der Waals surface area contributed by atoms with Crippen molar-refractivity contribution in [2.45, 2.75) is 58.7 Å². The van der Waals surface area contributed by atoms with Crippen LogP contribution < -0.4 is 5.73 Å². The molecular weight excluding hydrogens is 214 g/mol. The quantitative estimate of drug-likeness (QED) is 0.826. The maximum atomic E-state index is 5.91. The highest BCUT2D eigenvalue weighted by Gasteiger charge is 2.10. The van der Waals surface area contributed by atoms with E-state index in [1.807, 2.05) is 10.9 Å². The fraction of sp³-hybridized carbons (Fsp3) is 0.769. The highest BCUT2D eigenvalue weighted by molar-refractivity contribution is 5.05. The zero-order chi connectivity index (χ0) is 12.9. The van der Waals surface area contributed by atoms with Gasteiger partial charge >= 0.3 is 0 Å². The van der Waals surface area contributed by atoms with Crippen molar-refractivity contribution < 1.29 is 4.74 Å². The average molecular weight is 239 g/mol. The van der Waals surface area contributed by atoms with E-state index >= 15 is 0 Å². The van der Waals surface area contributed by atoms with Gasteiger partial charge in [0, 0.05) is 12.2 Å². The zero-order valence-corrected chi connectivity index (χ0v) is 11.4. The van der Waals surface area contributed by atoms with Crippen molar-refractivity contribution in [3.05, 3.63) is 18.0 Å². The summed E-state index contributed by atoms with van der Waals surface area (Å²) in [7, 11) is 0. The van der Waals surface area contributed by atoms with Crippen molar-refractivity contribution in [3.8, 4) is 0 Å². The summed E-state index contributed by atoms with van der Waals surface area (Å²) in [6, 6.07) is 0.235. The Morgan fingerprint density at radius 1 is 1.47 bits per heavy atom. The first-order valence-corrected chi connectivity index (χ1v) is 6.31. The number of ether oxygens (including phenoxy) is 1. The molecule has 4 heteroatoms. The molecule has 0 radical (unpaired) electrons. The van der Waals surface area contributed by atoms with Gasteiger partial charge in [-0.3, -0.25) is 4.68 Å². The van der Waals surface area contributed by atoms with Gasteiger partial charge in [-0.2, -0.15) is 5.10 Å². The van der Waals surface area contributed by atoms with E-state index in [2.05, 4.69) is 39.0 Å². The third-order valence-corrected chi connectivity index (χ3v) is 2.56. The van der Waals surface area contributed by atoms with Crippen LogP contribution in [0, 0.1) is 0 Å². The van der Waals surface area contributed by atoms with Gasteiger partial charge in [-0.25, -0.2) is 0 Å². The molecule has 17 heavy (non-hydrogen) atoms. The first-order chi connectivity index (χ1) is 7.90. The van der Waals surface area contributed by atoms with Gasteiger partial charge in [0.25, 0.3) is 0 Å². The second kappa shape index (κ2) is 6.17. The molecule has 1 aromatic rings. The molecule has 1 unspecified atom stereocenters. The van der Waals surface area contributed by atoms with Crippen LogP contribution in [0.15, 0.2) is 12.4 Å². The monoisotopic (exact) mass is 239 g/mol. The Hall–Kier alpha value is -0.870. The van der Waals surface area contributed by atoms with Crippen molar-refractivity contribution in [3.63, 3.8) is 0 Å². The number of hydrogen-bond acceptors (Lipinski definition) is 3. The summed E-state index contributed by atoms with van der Waals surface area (Å²) in [4.78, 5) is 0. The predicted octanol–water partition coefficient (Wildman–Crippen LogP) is 1.98. The minimum absolute atomic E-state index is 0.0828. The van der Waals surface area contributed by atoms with Crippen LogP contribution in [0.2, 0.25) is 0 Å². The lowest BCUT2D eigenvalue weighted by Gasteiger charge is -2.19. The van der Waals surface area contributed by atoms with Gasteiger partial charge in [-0.15, -0.1) is 0 Å². The van der Waals surface area contributed by atoms with E-state index in [-0.39, 0.29) is 11.6 Å². The van der Waals surface area contributed by atoms with Crippen molar-refractivity contribution in [1.82, 2.24) is 9.78 Å². The molecule has 0 aromatic carbocycles. The normalized spacial score (nSPS) is 13.9. The summed E-state index contributed by atoms with van der Waals surface area (Å²) in [6.45, 7) is 9.75. The van der Waals surface area contributed by atoms with Crippen LogP contribution in [-0.4, -0.2) is 28.0 Å². The molecule has 0 spiro atoms. The van der Waals surface area contributed by atoms with E-state index in [1.165, 1.54) is 5.56 Å². The zero-order valence-electron chi connectivity index (χ0n) is 11.4. The van der Waals surface area contributed by atoms with E-state index in [0.717, 1.165) is 19.4 Å². The molecular formula is C13H25N3O. The third-order valence-electron chi connectivity index (χ3n) is 2.56. The van der Waals surface area contributed by atoms with Crippen LogP contribution in [0.3, 0.4) is 0 Å². The number of rotatable bonds is 6. The smallest absolute Gasteiger partial charge is 0.0669 e. The molecule has 0 aliphatic rings. The summed E-state index contributed by atoms with van der Waals surface area (Å²) in [5.74, 6) is 0. The molecule has 0 saturated heterocycles. The fourth-order valence-electron chi connectivity index (χ4n) is 1.53. The second-order valence-corrected chi connectivity index (χ2v) is 5.44. The topological polar surface area (TPSA) is 53.1 Å². The van der Waals surface area contributed by atoms with E-state index < -0.39 is 0 Å². The molecule has 98 valence electrons. The molecule has 0 saturated carbocycles. The van der Waals surface area contributed by atoms with Gasteiger partial charge in [0.2, 0.25) is 0 Å². The molecule has 2 N–H and O–H groups in total. The van der Waals surface area contributed by atoms with Crippen LogP contribution in [0.25, 0.3) is 0 Å². The SMILES string of the molecule is CCC(N)Cc1cnn(CCOC(C)(C)C)c1. The lowest BCUT2D eigenvalue weighted by molar-refractivity contribution is -0.00789. The highest BCUT2D eigenvalue weighted by atomic mass is 16.5. The first-order valence-electron chi connectivity index (χ1n) is 6.31. The number of nitrogens with two attached hydrogens (primary N) is 1. The Labute approximate surface area is 104 Å². The van der Waals surface area contributed by atoms with E-state index in [9.17, 15) is 0 Å². The highest BCUT2D eigenvalue weighted by Crippen LogP contribution is 2.07. The molecule has 0 fully saturated rings. The van der Waals surface area contributed by atoms with Gasteiger partial charge in [0.1, 0.15) is 0 Å². The van der Waals surface area contributed by atoms with E-state index in [0.29, 0.717) is 6.61 Å². The minimum Gasteiger partial charge on any atom is -0.374 e. The molecule has 1 heterocycles. The molecule has 0 aliphatic carbocycles. The molecule has 0 bridgehead atoms. The van der Waals surface area contributed by atoms with Crippen molar-refractivity contribution in [2.75, 3.05) is 6.61 Å². The largest absolute Gasteiger partial charge is 0.374 e. The maximum absolute atomic E-state index is 5.91. The van der Waals surface area contributed by atoms with Crippen molar-refractivity contribution >= 4 is 0 Å². The summed E-state index contributed by atoms with van der Waals surface area (Å²) in [6.07, 6.45) is 5.85. The first kappa shape index (κ1) is 14.2. The van der Waals surface area contributed by atoms with Gasteiger partial charge in [0.15, 0.2) is 0 Å². The predicted molar refractivity (Wildman–Crippen MR) is 69.9 cm³/mol. The summed E-state index contributed by atoms with van der Waals surface area (Å²) < 4.78 is 7.58. The standard InChI is InChI=1S/C13H25N3O/c1-5-12(14)8-11-9-15-16(10-11)6-7-17-13(2,3)4/h9-10,12H,5-8,14H2,1-4H3. The molecule has 0 aliphatic heterocycles. The van der Waals surface area contributed by atoms with Crippen LogP contribution in [0.4, 0.5) is 0 Å². The Bertz CT molecular complexity index is 328. The van der Waals surface area contributed by atoms with Crippen molar-refractivity contribution in [2.24, 2.45) is 5.73 Å². The van der Waals surface area contributed by atoms with Crippen molar-refractivity contribution in [1.29, 1.82) is 0 Å². The van der Waals surface area contributed by atoms with Gasteiger partial charge in [-0.1, -0.05) is 6.92 Å². The second-order valence-electron chi connectivity index (χ2n) is 5.44. The Balaban J connectivity index is 2.36. The van der Waals surface area contributed by atoms with E-state index in [1.54, 1.807) is 0 Å². The number of hydrogen-bond donors (Lipinski definition) is 1. The average Bonchev–Trinajstić information content (AvgIpc) is 2.63. The Kier molecular flexibility index (Phi) is 5.15. The summed E-state index contributed by atoms with van der Waals surface area (Å²) in [5, 5.41) is 4.30.